The summed E-state index contributed by atoms with van der Waals surface area (Å²) in [6.07, 6.45) is -9.15. The van der Waals surface area contributed by atoms with Gasteiger partial charge in [-0.05, 0) is 43.6 Å². The van der Waals surface area contributed by atoms with Gasteiger partial charge in [-0.3, -0.25) is 10.1 Å². The lowest BCUT2D eigenvalue weighted by Crippen LogP contribution is -2.52. The van der Waals surface area contributed by atoms with Gasteiger partial charge in [0.05, 0.1) is 0 Å². The fourth-order valence-electron chi connectivity index (χ4n) is 1.19. The number of aliphatic hydroxyl groups excluding tert-OH is 4. The number of aliphatic carboxylic acids is 1. The Labute approximate surface area is 184 Å². The summed E-state index contributed by atoms with van der Waals surface area (Å²) in [7, 11) is 1.50. The van der Waals surface area contributed by atoms with E-state index < -0.39 is 36.3 Å². The van der Waals surface area contributed by atoms with Gasteiger partial charge in [0.15, 0.2) is 12.2 Å². The SMILES string of the molecule is CC#CC#CC#CC#CC#CC#CNC(=O)[C@@H](O)[C@H](O)[C@@H](O)[C@@H](O)C(=O)O.CN.[HH].[HH].[HH].[HH].[HH].[HH].[HH].[HH].[HH].[HH].[HH]. The summed E-state index contributed by atoms with van der Waals surface area (Å²) >= 11 is 0. The number of carbonyl (C=O) groups is 2. The third-order valence-electron chi connectivity index (χ3n) is 2.45. The minimum absolute atomic E-state index is 0. The van der Waals surface area contributed by atoms with Gasteiger partial charge in [-0.2, -0.15) is 0 Å². The number of rotatable bonds is 5. The number of hydrogen-bond acceptors (Lipinski definition) is 7. The third kappa shape index (κ3) is 13.0. The molecule has 0 aliphatic carbocycles. The number of hydrogen-bond donors (Lipinski definition) is 7. The van der Waals surface area contributed by atoms with Crippen molar-refractivity contribution in [3.63, 3.8) is 0 Å². The average molecular weight is 421 g/mol. The van der Waals surface area contributed by atoms with E-state index in [-0.39, 0.29) is 15.7 Å². The first-order valence-electron chi connectivity index (χ1n) is 7.57. The molecule has 1 amide bonds. The Morgan fingerprint density at radius 1 is 0.759 bits per heavy atom. The fraction of sp³-hybridized carbons (Fsp3) is 0.300. The van der Waals surface area contributed by atoms with Crippen LogP contribution < -0.4 is 11.1 Å². The summed E-state index contributed by atoms with van der Waals surface area (Å²) in [5, 5.41) is 47.6. The fourth-order valence-corrected chi connectivity index (χ4v) is 1.19. The lowest BCUT2D eigenvalue weighted by Gasteiger charge is -2.23. The van der Waals surface area contributed by atoms with E-state index in [1.165, 1.54) is 7.05 Å². The zero-order valence-corrected chi connectivity index (χ0v) is 15.4. The van der Waals surface area contributed by atoms with Crippen molar-refractivity contribution in [3.8, 4) is 71.2 Å². The smallest absolute Gasteiger partial charge is 0.335 e. The Morgan fingerprint density at radius 3 is 1.55 bits per heavy atom. The number of nitrogens with one attached hydrogen (secondary N) is 1. The molecule has 0 aliphatic rings. The van der Waals surface area contributed by atoms with Crippen molar-refractivity contribution in [1.82, 2.24) is 5.32 Å². The number of nitrogens with two attached hydrogens (primary N) is 1. The molecule has 0 aromatic heterocycles. The normalized spacial score (nSPS) is 11.6. The Hall–Kier alpha value is -3.90. The molecular weight excluding hydrogens is 380 g/mol. The maximum atomic E-state index is 11.5. The number of carboxylic acids is 1. The Balaban J connectivity index is -0.0000000497. The molecule has 4 atom stereocenters. The second-order valence-electron chi connectivity index (χ2n) is 4.32. The molecule has 0 saturated heterocycles. The quantitative estimate of drug-likeness (QED) is 0.217. The minimum atomic E-state index is -2.38. The first-order chi connectivity index (χ1) is 13.8. The highest BCUT2D eigenvalue weighted by Gasteiger charge is 2.37. The zero-order chi connectivity index (χ0) is 22.7. The molecule has 0 fully saturated rings. The van der Waals surface area contributed by atoms with Gasteiger partial charge in [0.1, 0.15) is 12.2 Å². The first kappa shape index (κ1) is 27.3. The highest BCUT2D eigenvalue weighted by atomic mass is 16.4. The summed E-state index contributed by atoms with van der Waals surface area (Å²) < 4.78 is 0. The van der Waals surface area contributed by atoms with Crippen molar-refractivity contribution in [2.75, 3.05) is 7.05 Å². The number of carbonyl (C=O) groups excluding carboxylic acids is 1. The molecule has 0 radical (unpaired) electrons. The van der Waals surface area contributed by atoms with Gasteiger partial charge in [0.2, 0.25) is 0 Å². The molecule has 0 spiro atoms. The molecule has 0 aliphatic heterocycles. The van der Waals surface area contributed by atoms with Gasteiger partial charge in [-0.25, -0.2) is 4.79 Å². The van der Waals surface area contributed by atoms with E-state index >= 15 is 0 Å². The molecule has 0 rings (SSSR count). The molecule has 29 heavy (non-hydrogen) atoms. The van der Waals surface area contributed by atoms with Crippen molar-refractivity contribution < 1.29 is 50.8 Å². The predicted octanol–water partition coefficient (Wildman–Crippen LogP) is -1.09. The van der Waals surface area contributed by atoms with Gasteiger partial charge in [-0.1, -0.05) is 5.92 Å². The first-order valence-corrected chi connectivity index (χ1v) is 7.57. The van der Waals surface area contributed by atoms with E-state index in [2.05, 4.69) is 70.9 Å². The Morgan fingerprint density at radius 2 is 1.14 bits per heavy atom. The molecule has 0 bridgehead atoms. The van der Waals surface area contributed by atoms with E-state index in [4.69, 9.17) is 10.2 Å². The number of carboxylic acid groups (broad SMARTS) is 1. The largest absolute Gasteiger partial charge is 0.479 e. The van der Waals surface area contributed by atoms with Gasteiger partial charge in [0.25, 0.3) is 5.91 Å². The second-order valence-corrected chi connectivity index (χ2v) is 4.32. The van der Waals surface area contributed by atoms with E-state index in [0.717, 1.165) is 0 Å². The predicted molar refractivity (Wildman–Crippen MR) is 126 cm³/mol. The van der Waals surface area contributed by atoms with E-state index in [1.807, 2.05) is 11.4 Å². The van der Waals surface area contributed by atoms with Gasteiger partial charge < -0.3 is 31.3 Å². The Kier molecular flexibility index (Phi) is 16.5. The maximum Gasteiger partial charge on any atom is 0.335 e. The van der Waals surface area contributed by atoms with Crippen molar-refractivity contribution in [1.29, 1.82) is 0 Å². The van der Waals surface area contributed by atoms with Crippen LogP contribution in [-0.4, -0.2) is 68.9 Å². The number of aliphatic hydroxyl groups is 4. The minimum Gasteiger partial charge on any atom is -0.479 e. The molecule has 9 heteroatoms. The second kappa shape index (κ2) is 17.5. The summed E-state index contributed by atoms with van der Waals surface area (Å²) in [5.74, 6) is 23.0. The molecule has 0 aromatic rings. The van der Waals surface area contributed by atoms with Crippen molar-refractivity contribution >= 4 is 11.9 Å². The third-order valence-corrected chi connectivity index (χ3v) is 2.45. The standard InChI is InChI=1S/C19H13NO7.CH5N.11H2/c1-2-3-4-5-6-7-8-9-10-11-12-13-20-18(25)16(23)14(21)15(22)17(24)19(26)27;1-2;;;;;;;;;;;/h14-17,21-24H,1H3,(H,20,25)(H,26,27);2H2,1H3;11*1H/t14-,15-,16+,17-;;;;;;;;;;;;/m1............/s1. The van der Waals surface area contributed by atoms with E-state index in [0.29, 0.717) is 0 Å². The summed E-state index contributed by atoms with van der Waals surface area (Å²) in [4.78, 5) is 21.9. The summed E-state index contributed by atoms with van der Waals surface area (Å²) in [6, 6.07) is 2.04. The van der Waals surface area contributed by atoms with Crippen LogP contribution in [0.3, 0.4) is 0 Å². The van der Waals surface area contributed by atoms with Gasteiger partial charge in [-0.15, -0.1) is 0 Å². The zero-order valence-electron chi connectivity index (χ0n) is 15.4. The van der Waals surface area contributed by atoms with Crippen LogP contribution in [0, 0.1) is 71.2 Å². The molecule has 8 N–H and O–H groups in total. The van der Waals surface area contributed by atoms with Crippen molar-refractivity contribution in [2.45, 2.75) is 31.3 Å². The molecule has 0 unspecified atom stereocenters. The Bertz CT molecular complexity index is 969. The summed E-state index contributed by atoms with van der Waals surface area (Å²) in [5.41, 5.74) is 4.50. The van der Waals surface area contributed by atoms with E-state index in [1.54, 1.807) is 6.92 Å². The van der Waals surface area contributed by atoms with Crippen LogP contribution in [0.1, 0.15) is 22.6 Å². The monoisotopic (exact) mass is 420 g/mol. The maximum absolute atomic E-state index is 11.5. The lowest BCUT2D eigenvalue weighted by molar-refractivity contribution is -0.166. The lowest BCUT2D eigenvalue weighted by atomic mass is 10.0. The topological polar surface area (TPSA) is 173 Å². The van der Waals surface area contributed by atoms with Crippen LogP contribution in [0.2, 0.25) is 0 Å². The van der Waals surface area contributed by atoms with E-state index in [9.17, 15) is 24.9 Å². The molecule has 0 aromatic carbocycles. The number of amides is 1. The van der Waals surface area contributed by atoms with Crippen LogP contribution in [-0.2, 0) is 9.59 Å². The van der Waals surface area contributed by atoms with Gasteiger partial charge >= 0.3 is 5.97 Å². The summed E-state index contributed by atoms with van der Waals surface area (Å²) in [6.45, 7) is 1.64. The molecule has 172 valence electrons. The van der Waals surface area contributed by atoms with Gasteiger partial charge in [0, 0.05) is 51.3 Å². The van der Waals surface area contributed by atoms with Crippen LogP contribution in [0.15, 0.2) is 0 Å². The van der Waals surface area contributed by atoms with Crippen molar-refractivity contribution in [3.05, 3.63) is 0 Å². The van der Waals surface area contributed by atoms with Crippen LogP contribution in [0.4, 0.5) is 0 Å². The van der Waals surface area contributed by atoms with Crippen molar-refractivity contribution in [2.24, 2.45) is 5.73 Å². The highest BCUT2D eigenvalue weighted by Crippen LogP contribution is 2.05. The molecule has 9 nitrogen and oxygen atoms in total. The molecule has 0 saturated carbocycles. The molecular formula is C20H40N2O7. The highest BCUT2D eigenvalue weighted by molar-refractivity contribution is 5.83. The van der Waals surface area contributed by atoms with Crippen LogP contribution in [0.25, 0.3) is 0 Å². The molecule has 0 heterocycles. The van der Waals surface area contributed by atoms with Crippen LogP contribution in [0.5, 0.6) is 0 Å². The van der Waals surface area contributed by atoms with Crippen LogP contribution >= 0.6 is 0 Å². The average Bonchev–Trinajstić information content (AvgIpc) is 2.73.